The van der Waals surface area contributed by atoms with E-state index in [1.807, 2.05) is 25.1 Å². The van der Waals surface area contributed by atoms with E-state index in [9.17, 15) is 0 Å². The van der Waals surface area contributed by atoms with Gasteiger partial charge in [0.25, 0.3) is 0 Å². The van der Waals surface area contributed by atoms with Crippen LogP contribution in [0.3, 0.4) is 0 Å². The number of ether oxygens (including phenoxy) is 2. The molecule has 0 aliphatic carbocycles. The summed E-state index contributed by atoms with van der Waals surface area (Å²) in [4.78, 5) is 4.48. The highest BCUT2D eigenvalue weighted by atomic mass is 16.5. The van der Waals surface area contributed by atoms with Crippen molar-refractivity contribution in [2.24, 2.45) is 0 Å². The Hall–Kier alpha value is -2.24. The Balaban J connectivity index is 1.74. The monoisotopic (exact) mass is 317 g/mol. The van der Waals surface area contributed by atoms with Crippen LogP contribution < -0.4 is 14.8 Å². The van der Waals surface area contributed by atoms with E-state index in [1.54, 1.807) is 0 Å². The molecule has 1 aromatic carbocycles. The molecule has 1 aliphatic rings. The van der Waals surface area contributed by atoms with E-state index in [0.29, 0.717) is 24.9 Å². The Labute approximate surface area is 136 Å². The molecule has 0 spiro atoms. The zero-order valence-corrected chi connectivity index (χ0v) is 14.0. The average molecular weight is 317 g/mol. The quantitative estimate of drug-likeness (QED) is 0.931. The average Bonchev–Trinajstić information content (AvgIpc) is 2.88. The maximum atomic E-state index is 5.71. The molecule has 0 saturated heterocycles. The van der Waals surface area contributed by atoms with Crippen molar-refractivity contribution < 1.29 is 14.0 Å². The van der Waals surface area contributed by atoms with Crippen molar-refractivity contribution in [3.05, 3.63) is 29.9 Å². The number of anilines is 1. The maximum absolute atomic E-state index is 5.71. The predicted molar refractivity (Wildman–Crippen MR) is 87.1 cm³/mol. The van der Waals surface area contributed by atoms with Gasteiger partial charge in [0, 0.05) is 23.6 Å². The van der Waals surface area contributed by atoms with Gasteiger partial charge in [-0.15, -0.1) is 0 Å². The molecule has 1 N–H and O–H groups in total. The van der Waals surface area contributed by atoms with Gasteiger partial charge in [-0.1, -0.05) is 25.9 Å². The highest BCUT2D eigenvalue weighted by Gasteiger charge is 2.23. The van der Waals surface area contributed by atoms with E-state index in [-0.39, 0.29) is 11.5 Å². The van der Waals surface area contributed by atoms with Gasteiger partial charge in [-0.25, -0.2) is 0 Å². The Morgan fingerprint density at radius 1 is 1.13 bits per heavy atom. The molecule has 1 atom stereocenters. The molecule has 3 rings (SSSR count). The van der Waals surface area contributed by atoms with E-state index in [2.05, 4.69) is 36.2 Å². The Morgan fingerprint density at radius 3 is 2.57 bits per heavy atom. The van der Waals surface area contributed by atoms with Crippen LogP contribution in [0.2, 0.25) is 0 Å². The number of hydrogen-bond donors (Lipinski definition) is 1. The summed E-state index contributed by atoms with van der Waals surface area (Å²) in [5, 5.41) is 7.42. The molecule has 23 heavy (non-hydrogen) atoms. The summed E-state index contributed by atoms with van der Waals surface area (Å²) in [6, 6.07) is 5.73. The summed E-state index contributed by atoms with van der Waals surface area (Å²) in [5.74, 6) is 2.83. The van der Waals surface area contributed by atoms with Crippen molar-refractivity contribution in [1.82, 2.24) is 10.1 Å². The van der Waals surface area contributed by atoms with Crippen LogP contribution in [-0.4, -0.2) is 23.4 Å². The van der Waals surface area contributed by atoms with E-state index in [4.69, 9.17) is 14.0 Å². The van der Waals surface area contributed by atoms with Crippen LogP contribution in [0.15, 0.2) is 22.7 Å². The van der Waals surface area contributed by atoms with Crippen molar-refractivity contribution in [2.75, 3.05) is 18.5 Å². The van der Waals surface area contributed by atoms with Gasteiger partial charge >= 0.3 is 0 Å². The second-order valence-corrected chi connectivity index (χ2v) is 6.78. The highest BCUT2D eigenvalue weighted by Crippen LogP contribution is 2.33. The fourth-order valence-electron chi connectivity index (χ4n) is 2.28. The van der Waals surface area contributed by atoms with Gasteiger partial charge in [0.1, 0.15) is 6.04 Å². The minimum Gasteiger partial charge on any atom is -0.490 e. The van der Waals surface area contributed by atoms with Crippen LogP contribution in [0.25, 0.3) is 0 Å². The molecule has 6 nitrogen and oxygen atoms in total. The van der Waals surface area contributed by atoms with Crippen LogP contribution in [0, 0.1) is 0 Å². The van der Waals surface area contributed by atoms with Crippen LogP contribution in [-0.2, 0) is 5.41 Å². The number of nitrogens with one attached hydrogen (secondary N) is 1. The molecule has 2 aromatic rings. The third kappa shape index (κ3) is 3.57. The first-order chi connectivity index (χ1) is 10.9. The minimum absolute atomic E-state index is 0.0941. The lowest BCUT2D eigenvalue weighted by Gasteiger charge is -2.14. The Kier molecular flexibility index (Phi) is 4.15. The normalized spacial score (nSPS) is 15.8. The summed E-state index contributed by atoms with van der Waals surface area (Å²) < 4.78 is 16.7. The molecule has 0 unspecified atom stereocenters. The van der Waals surface area contributed by atoms with Crippen LogP contribution >= 0.6 is 0 Å². The Bertz CT molecular complexity index is 676. The lowest BCUT2D eigenvalue weighted by molar-refractivity contribution is 0.297. The highest BCUT2D eigenvalue weighted by molar-refractivity contribution is 5.55. The number of rotatable bonds is 3. The first-order valence-electron chi connectivity index (χ1n) is 7.94. The standard InChI is InChI=1S/C17H23N3O3/c1-11(15-19-16(20-23-15)17(2,3)4)18-12-6-7-13-14(10-12)22-9-5-8-21-13/h6-7,10-11,18H,5,8-9H2,1-4H3/t11-/m1/s1. The molecule has 0 fully saturated rings. The molecular formula is C17H23N3O3. The summed E-state index contributed by atoms with van der Waals surface area (Å²) >= 11 is 0. The molecule has 0 bridgehead atoms. The van der Waals surface area contributed by atoms with Gasteiger partial charge in [-0.3, -0.25) is 0 Å². The lowest BCUT2D eigenvalue weighted by atomic mass is 9.96. The number of hydrogen-bond acceptors (Lipinski definition) is 6. The molecule has 1 aromatic heterocycles. The predicted octanol–water partition coefficient (Wildman–Crippen LogP) is 3.70. The number of aromatic nitrogens is 2. The SMILES string of the molecule is C[C@@H](Nc1ccc2c(c1)OCCCO2)c1nc(C(C)(C)C)no1. The summed E-state index contributed by atoms with van der Waals surface area (Å²) in [6.45, 7) is 9.53. The van der Waals surface area contributed by atoms with E-state index in [1.165, 1.54) is 0 Å². The smallest absolute Gasteiger partial charge is 0.248 e. The van der Waals surface area contributed by atoms with Crippen LogP contribution in [0.1, 0.15) is 51.9 Å². The van der Waals surface area contributed by atoms with Gasteiger partial charge in [0.2, 0.25) is 5.89 Å². The van der Waals surface area contributed by atoms with Crippen molar-refractivity contribution in [3.8, 4) is 11.5 Å². The maximum Gasteiger partial charge on any atom is 0.248 e. The second kappa shape index (κ2) is 6.10. The molecule has 6 heteroatoms. The first-order valence-corrected chi connectivity index (χ1v) is 7.94. The minimum atomic E-state index is -0.128. The summed E-state index contributed by atoms with van der Waals surface area (Å²) in [7, 11) is 0. The molecular weight excluding hydrogens is 294 g/mol. The number of nitrogens with zero attached hydrogens (tertiary/aromatic N) is 2. The fraction of sp³-hybridized carbons (Fsp3) is 0.529. The summed E-state index contributed by atoms with van der Waals surface area (Å²) in [5.41, 5.74) is 0.800. The molecule has 0 amide bonds. The van der Waals surface area contributed by atoms with E-state index < -0.39 is 0 Å². The van der Waals surface area contributed by atoms with Crippen LogP contribution in [0.5, 0.6) is 11.5 Å². The van der Waals surface area contributed by atoms with E-state index >= 15 is 0 Å². The van der Waals surface area contributed by atoms with Crippen molar-refractivity contribution in [1.29, 1.82) is 0 Å². The zero-order chi connectivity index (χ0) is 16.4. The van der Waals surface area contributed by atoms with Gasteiger partial charge in [-0.2, -0.15) is 4.98 Å². The number of fused-ring (bicyclic) bond motifs is 1. The van der Waals surface area contributed by atoms with Gasteiger partial charge in [0.05, 0.1) is 13.2 Å². The van der Waals surface area contributed by atoms with Gasteiger partial charge in [0.15, 0.2) is 17.3 Å². The molecule has 124 valence electrons. The van der Waals surface area contributed by atoms with Crippen molar-refractivity contribution >= 4 is 5.69 Å². The zero-order valence-electron chi connectivity index (χ0n) is 14.0. The third-order valence-corrected chi connectivity index (χ3v) is 3.61. The number of benzene rings is 1. The van der Waals surface area contributed by atoms with Gasteiger partial charge < -0.3 is 19.3 Å². The van der Waals surface area contributed by atoms with E-state index in [0.717, 1.165) is 23.6 Å². The van der Waals surface area contributed by atoms with Crippen molar-refractivity contribution in [3.63, 3.8) is 0 Å². The molecule has 1 aliphatic heterocycles. The molecule has 0 saturated carbocycles. The first kappa shape index (κ1) is 15.6. The molecule has 2 heterocycles. The third-order valence-electron chi connectivity index (χ3n) is 3.61. The van der Waals surface area contributed by atoms with Gasteiger partial charge in [-0.05, 0) is 19.1 Å². The fourth-order valence-corrected chi connectivity index (χ4v) is 2.28. The van der Waals surface area contributed by atoms with Crippen molar-refractivity contribution in [2.45, 2.75) is 45.6 Å². The topological polar surface area (TPSA) is 69.4 Å². The van der Waals surface area contributed by atoms with Crippen LogP contribution in [0.4, 0.5) is 5.69 Å². The largest absolute Gasteiger partial charge is 0.490 e. The second-order valence-electron chi connectivity index (χ2n) is 6.78. The molecule has 0 radical (unpaired) electrons. The summed E-state index contributed by atoms with van der Waals surface area (Å²) in [6.07, 6.45) is 0.894. The lowest BCUT2D eigenvalue weighted by Crippen LogP contribution is -2.14. The Morgan fingerprint density at radius 2 is 1.87 bits per heavy atom.